The number of nitrogens with zero attached hydrogens (tertiary/aromatic N) is 2. The molecule has 0 unspecified atom stereocenters. The number of aromatic nitrogens is 2. The highest BCUT2D eigenvalue weighted by molar-refractivity contribution is 7.17. The number of furan rings is 1. The maximum Gasteiger partial charge on any atom is 0.287 e. The molecule has 0 fully saturated rings. The van der Waals surface area contributed by atoms with Crippen LogP contribution in [0.3, 0.4) is 0 Å². The molecule has 0 atom stereocenters. The largest absolute Gasteiger partial charge is 0.455 e. The van der Waals surface area contributed by atoms with E-state index in [4.69, 9.17) is 9.40 Å². The fourth-order valence-electron chi connectivity index (χ4n) is 4.71. The number of hydrogen-bond donors (Lipinski definition) is 0. The number of aryl methyl sites for hydroxylation is 2. The third-order valence-electron chi connectivity index (χ3n) is 6.38. The molecule has 0 N–H and O–H groups in total. The van der Waals surface area contributed by atoms with Crippen LogP contribution in [-0.2, 0) is 7.05 Å². The average Bonchev–Trinajstić information content (AvgIpc) is 3.37. The van der Waals surface area contributed by atoms with Crippen LogP contribution < -0.4 is 4.57 Å². The van der Waals surface area contributed by atoms with Gasteiger partial charge in [-0.05, 0) is 46.8 Å². The second-order valence-corrected chi connectivity index (χ2v) is 9.49. The molecule has 0 amide bonds. The Morgan fingerprint density at radius 2 is 1.71 bits per heavy atom. The molecule has 6 rings (SSSR count). The SMILES string of the molecule is Cc1c(-c2c3scc(C(C)C)c3nc[n+]2C)ccc2c1oc1c3ccccc3ccc21. The lowest BCUT2D eigenvalue weighted by molar-refractivity contribution is -0.662. The van der Waals surface area contributed by atoms with E-state index >= 15 is 0 Å². The van der Waals surface area contributed by atoms with E-state index in [0.29, 0.717) is 5.92 Å². The van der Waals surface area contributed by atoms with Gasteiger partial charge in [0.1, 0.15) is 15.9 Å². The highest BCUT2D eigenvalue weighted by Gasteiger charge is 2.24. The van der Waals surface area contributed by atoms with Crippen molar-refractivity contribution in [2.75, 3.05) is 0 Å². The predicted octanol–water partition coefficient (Wildman–Crippen LogP) is 7.27. The lowest BCUT2D eigenvalue weighted by Gasteiger charge is -2.08. The van der Waals surface area contributed by atoms with E-state index in [1.807, 2.05) is 6.33 Å². The fraction of sp³-hybridized carbons (Fsp3) is 0.185. The molecule has 0 aliphatic rings. The quantitative estimate of drug-likeness (QED) is 0.274. The second kappa shape index (κ2) is 6.63. The Kier molecular flexibility index (Phi) is 3.96. The molecule has 0 aliphatic heterocycles. The van der Waals surface area contributed by atoms with Gasteiger partial charge in [0.25, 0.3) is 6.33 Å². The van der Waals surface area contributed by atoms with E-state index in [-0.39, 0.29) is 0 Å². The third kappa shape index (κ3) is 2.58. The van der Waals surface area contributed by atoms with Crippen LogP contribution in [0.2, 0.25) is 0 Å². The molecule has 31 heavy (non-hydrogen) atoms. The fourth-order valence-corrected chi connectivity index (χ4v) is 5.99. The molecule has 0 spiro atoms. The molecule has 0 bridgehead atoms. The first-order valence-electron chi connectivity index (χ1n) is 10.6. The van der Waals surface area contributed by atoms with Crippen LogP contribution in [0, 0.1) is 6.92 Å². The lowest BCUT2D eigenvalue weighted by Crippen LogP contribution is -2.31. The summed E-state index contributed by atoms with van der Waals surface area (Å²) in [5, 5.41) is 6.96. The Balaban J connectivity index is 1.68. The van der Waals surface area contributed by atoms with Crippen molar-refractivity contribution in [3.8, 4) is 11.3 Å². The molecule has 0 aliphatic carbocycles. The summed E-state index contributed by atoms with van der Waals surface area (Å²) in [4.78, 5) is 4.76. The van der Waals surface area contributed by atoms with Crippen molar-refractivity contribution in [3.63, 3.8) is 0 Å². The summed E-state index contributed by atoms with van der Waals surface area (Å²) in [7, 11) is 2.08. The van der Waals surface area contributed by atoms with Gasteiger partial charge in [-0.1, -0.05) is 44.2 Å². The van der Waals surface area contributed by atoms with Gasteiger partial charge in [0.2, 0.25) is 5.52 Å². The van der Waals surface area contributed by atoms with Gasteiger partial charge < -0.3 is 4.42 Å². The molecular weight excluding hydrogens is 400 g/mol. The van der Waals surface area contributed by atoms with Crippen LogP contribution in [-0.4, -0.2) is 4.98 Å². The van der Waals surface area contributed by atoms with Crippen LogP contribution in [0.1, 0.15) is 30.9 Å². The zero-order chi connectivity index (χ0) is 21.3. The van der Waals surface area contributed by atoms with Crippen molar-refractivity contribution >= 4 is 54.3 Å². The summed E-state index contributed by atoms with van der Waals surface area (Å²) < 4.78 is 9.90. The standard InChI is InChI=1S/C27H23N2OS/c1-15(2)22-13-31-27-23(22)28-14-29(4)24(27)18-11-12-20-21-10-9-17-7-5-6-8-19(17)26(21)30-25(20)16(18)3/h5-15H,1-4H3/q+1. The number of hydrogen-bond acceptors (Lipinski definition) is 3. The van der Waals surface area contributed by atoms with Gasteiger partial charge in [-0.2, -0.15) is 0 Å². The first-order valence-corrected chi connectivity index (χ1v) is 11.5. The van der Waals surface area contributed by atoms with Gasteiger partial charge in [0, 0.05) is 32.8 Å². The van der Waals surface area contributed by atoms with Crippen LogP contribution in [0.5, 0.6) is 0 Å². The zero-order valence-electron chi connectivity index (χ0n) is 18.1. The van der Waals surface area contributed by atoms with Crippen molar-refractivity contribution in [3.05, 3.63) is 71.4 Å². The zero-order valence-corrected chi connectivity index (χ0v) is 18.9. The molecule has 6 aromatic rings. The smallest absolute Gasteiger partial charge is 0.287 e. The van der Waals surface area contributed by atoms with E-state index in [9.17, 15) is 0 Å². The topological polar surface area (TPSA) is 29.9 Å². The van der Waals surface area contributed by atoms with Gasteiger partial charge in [-0.3, -0.25) is 0 Å². The molecule has 3 heterocycles. The maximum absolute atomic E-state index is 6.53. The van der Waals surface area contributed by atoms with Crippen LogP contribution in [0.4, 0.5) is 0 Å². The molecule has 152 valence electrons. The minimum Gasteiger partial charge on any atom is -0.455 e. The summed E-state index contributed by atoms with van der Waals surface area (Å²) in [6.07, 6.45) is 1.94. The Hall–Kier alpha value is -3.24. The first kappa shape index (κ1) is 18.5. The Labute approximate surface area is 184 Å². The van der Waals surface area contributed by atoms with Crippen molar-refractivity contribution in [2.24, 2.45) is 7.05 Å². The van der Waals surface area contributed by atoms with Gasteiger partial charge in [-0.25, -0.2) is 4.57 Å². The van der Waals surface area contributed by atoms with Crippen molar-refractivity contribution < 1.29 is 8.98 Å². The first-order chi connectivity index (χ1) is 15.0. The third-order valence-corrected chi connectivity index (χ3v) is 7.37. The predicted molar refractivity (Wildman–Crippen MR) is 130 cm³/mol. The van der Waals surface area contributed by atoms with E-state index in [0.717, 1.165) is 22.1 Å². The molecular formula is C27H23N2OS+. The van der Waals surface area contributed by atoms with Gasteiger partial charge in [0.05, 0.1) is 7.05 Å². The van der Waals surface area contributed by atoms with E-state index < -0.39 is 0 Å². The summed E-state index contributed by atoms with van der Waals surface area (Å²) in [5.41, 5.74) is 7.93. The summed E-state index contributed by atoms with van der Waals surface area (Å²) in [6.45, 7) is 6.63. The highest BCUT2D eigenvalue weighted by atomic mass is 32.1. The molecule has 3 aromatic carbocycles. The highest BCUT2D eigenvalue weighted by Crippen LogP contribution is 2.40. The average molecular weight is 424 g/mol. The van der Waals surface area contributed by atoms with Gasteiger partial charge in [-0.15, -0.1) is 11.3 Å². The number of thiophene rings is 1. The number of rotatable bonds is 2. The molecule has 0 saturated carbocycles. The van der Waals surface area contributed by atoms with Gasteiger partial charge in [0.15, 0.2) is 5.69 Å². The van der Waals surface area contributed by atoms with Crippen molar-refractivity contribution in [1.29, 1.82) is 0 Å². The van der Waals surface area contributed by atoms with Gasteiger partial charge >= 0.3 is 0 Å². The maximum atomic E-state index is 6.53. The normalized spacial score (nSPS) is 12.2. The molecule has 4 heteroatoms. The van der Waals surface area contributed by atoms with E-state index in [1.54, 1.807) is 11.3 Å². The number of benzene rings is 3. The van der Waals surface area contributed by atoms with Crippen molar-refractivity contribution in [2.45, 2.75) is 26.7 Å². The van der Waals surface area contributed by atoms with Crippen LogP contribution in [0.25, 0.3) is 54.2 Å². The summed E-state index contributed by atoms with van der Waals surface area (Å²) >= 11 is 1.78. The molecule has 0 saturated heterocycles. The molecule has 3 aromatic heterocycles. The van der Waals surface area contributed by atoms with Crippen molar-refractivity contribution in [1.82, 2.24) is 4.98 Å². The Morgan fingerprint density at radius 1 is 0.935 bits per heavy atom. The van der Waals surface area contributed by atoms with Crippen LogP contribution >= 0.6 is 11.3 Å². The minimum atomic E-state index is 0.453. The Morgan fingerprint density at radius 3 is 2.55 bits per heavy atom. The summed E-state index contributed by atoms with van der Waals surface area (Å²) in [6, 6.07) is 17.2. The van der Waals surface area contributed by atoms with Crippen LogP contribution in [0.15, 0.2) is 64.7 Å². The second-order valence-electron chi connectivity index (χ2n) is 8.61. The monoisotopic (exact) mass is 423 g/mol. The summed E-state index contributed by atoms with van der Waals surface area (Å²) in [5.74, 6) is 0.453. The lowest BCUT2D eigenvalue weighted by atomic mass is 9.99. The molecule has 3 nitrogen and oxygen atoms in total. The number of fused-ring (bicyclic) bond motifs is 6. The molecule has 0 radical (unpaired) electrons. The minimum absolute atomic E-state index is 0.453. The van der Waals surface area contributed by atoms with E-state index in [1.165, 1.54) is 43.2 Å². The van der Waals surface area contributed by atoms with E-state index in [2.05, 4.69) is 86.3 Å². The Bertz CT molecular complexity index is 1640.